The van der Waals surface area contributed by atoms with Crippen LogP contribution in [0.5, 0.6) is 0 Å². The summed E-state index contributed by atoms with van der Waals surface area (Å²) in [5.74, 6) is 1.28. The molecule has 2 aromatic heterocycles. The smallest absolute Gasteiger partial charge is 0.229 e. The molecule has 10 heteroatoms. The number of para-hydroxylation sites is 1. The molecular weight excluding hydrogens is 512 g/mol. The fourth-order valence-electron chi connectivity index (χ4n) is 5.74. The predicted molar refractivity (Wildman–Crippen MR) is 159 cm³/mol. The van der Waals surface area contributed by atoms with E-state index in [1.165, 1.54) is 22.3 Å². The first-order chi connectivity index (χ1) is 18.4. The van der Waals surface area contributed by atoms with Crippen LogP contribution in [0, 0.1) is 13.8 Å². The topological polar surface area (TPSA) is 103 Å². The van der Waals surface area contributed by atoms with Crippen LogP contribution < -0.4 is 16.0 Å². The number of aliphatic hydroxyl groups is 1. The lowest BCUT2D eigenvalue weighted by Crippen LogP contribution is -2.50. The molecule has 0 amide bonds. The lowest BCUT2D eigenvalue weighted by atomic mass is 9.90. The lowest BCUT2D eigenvalue weighted by molar-refractivity contribution is -0.0239. The van der Waals surface area contributed by atoms with E-state index in [4.69, 9.17) is 4.98 Å². The Bertz CT molecular complexity index is 1460. The van der Waals surface area contributed by atoms with E-state index < -0.39 is 5.60 Å². The van der Waals surface area contributed by atoms with Gasteiger partial charge >= 0.3 is 0 Å². The third kappa shape index (κ3) is 5.72. The van der Waals surface area contributed by atoms with Gasteiger partial charge in [-0.25, -0.2) is 9.67 Å². The molecule has 0 radical (unpaired) electrons. The fourth-order valence-corrected chi connectivity index (χ4v) is 5.74. The number of nitrogens with zero attached hydrogens (tertiary/aromatic N) is 5. The van der Waals surface area contributed by atoms with Gasteiger partial charge in [-0.3, -0.25) is 4.90 Å². The van der Waals surface area contributed by atoms with Crippen molar-refractivity contribution in [3.63, 3.8) is 0 Å². The van der Waals surface area contributed by atoms with Crippen LogP contribution in [-0.4, -0.2) is 61.5 Å². The van der Waals surface area contributed by atoms with Crippen molar-refractivity contribution in [3.8, 4) is 0 Å². The highest BCUT2D eigenvalue weighted by molar-refractivity contribution is 5.90. The van der Waals surface area contributed by atoms with E-state index in [0.29, 0.717) is 5.95 Å². The second kappa shape index (κ2) is 11.1. The van der Waals surface area contributed by atoms with Gasteiger partial charge in [-0.2, -0.15) is 10.1 Å². The third-order valence-corrected chi connectivity index (χ3v) is 7.91. The standard InChI is InChI=1S/C29H36N8O.ClH/c1-19-5-4-6-20(2)25(19)33-26-24-16-31-28(34-27(24)36(3)35-26)32-23-8-7-21-9-14-37(17-22(21)15-23)18-29(38)10-12-30-13-11-29;/h4-8,15-16,30,38H,9-14,17-18H2,1-3H3,(H,33,35)(H,31,32,34);1H. The molecule has 6 rings (SSSR count). The van der Waals surface area contributed by atoms with Gasteiger partial charge in [-0.15, -0.1) is 12.4 Å². The van der Waals surface area contributed by atoms with E-state index in [-0.39, 0.29) is 12.4 Å². The van der Waals surface area contributed by atoms with Crippen molar-refractivity contribution >= 4 is 46.6 Å². The molecule has 2 aliphatic rings. The van der Waals surface area contributed by atoms with E-state index in [1.807, 2.05) is 13.2 Å². The summed E-state index contributed by atoms with van der Waals surface area (Å²) in [7, 11) is 1.90. The maximum Gasteiger partial charge on any atom is 0.229 e. The molecule has 2 aromatic carbocycles. The van der Waals surface area contributed by atoms with Crippen molar-refractivity contribution in [1.29, 1.82) is 0 Å². The summed E-state index contributed by atoms with van der Waals surface area (Å²) in [6.45, 7) is 8.50. The van der Waals surface area contributed by atoms with Gasteiger partial charge in [-0.05, 0) is 80.6 Å². The largest absolute Gasteiger partial charge is 0.388 e. The van der Waals surface area contributed by atoms with Gasteiger partial charge in [0, 0.05) is 44.3 Å². The minimum atomic E-state index is -0.587. The summed E-state index contributed by atoms with van der Waals surface area (Å²) in [6.07, 6.45) is 4.45. The van der Waals surface area contributed by atoms with Crippen molar-refractivity contribution in [1.82, 2.24) is 30.0 Å². The van der Waals surface area contributed by atoms with Crippen molar-refractivity contribution < 1.29 is 5.11 Å². The molecular formula is C29H37ClN8O. The maximum atomic E-state index is 11.0. The summed E-state index contributed by atoms with van der Waals surface area (Å²) >= 11 is 0. The molecule has 1 fully saturated rings. The van der Waals surface area contributed by atoms with Crippen molar-refractivity contribution in [2.45, 2.75) is 45.3 Å². The zero-order chi connectivity index (χ0) is 26.3. The number of β-amino-alcohol motifs (C(OH)–C–C–N with tert-alkyl or cyclic N) is 1. The van der Waals surface area contributed by atoms with E-state index in [0.717, 1.165) is 80.2 Å². The first kappa shape index (κ1) is 27.3. The molecule has 4 aromatic rings. The highest BCUT2D eigenvalue weighted by atomic mass is 35.5. The Morgan fingerprint density at radius 3 is 2.59 bits per heavy atom. The molecule has 1 saturated heterocycles. The van der Waals surface area contributed by atoms with Gasteiger partial charge in [0.05, 0.1) is 11.0 Å². The third-order valence-electron chi connectivity index (χ3n) is 7.91. The number of hydrogen-bond donors (Lipinski definition) is 4. The van der Waals surface area contributed by atoms with Gasteiger partial charge < -0.3 is 21.1 Å². The molecule has 39 heavy (non-hydrogen) atoms. The molecule has 4 heterocycles. The molecule has 206 valence electrons. The Kier molecular flexibility index (Phi) is 7.77. The average molecular weight is 549 g/mol. The van der Waals surface area contributed by atoms with E-state index in [1.54, 1.807) is 4.68 Å². The fraction of sp³-hybridized carbons (Fsp3) is 0.414. The van der Waals surface area contributed by atoms with Crippen LogP contribution in [0.1, 0.15) is 35.1 Å². The van der Waals surface area contributed by atoms with E-state index in [9.17, 15) is 5.11 Å². The van der Waals surface area contributed by atoms with Crippen LogP contribution >= 0.6 is 12.4 Å². The summed E-state index contributed by atoms with van der Waals surface area (Å²) in [4.78, 5) is 11.8. The van der Waals surface area contributed by atoms with Crippen LogP contribution in [0.2, 0.25) is 0 Å². The van der Waals surface area contributed by atoms with Crippen molar-refractivity contribution in [2.24, 2.45) is 7.05 Å². The number of nitrogens with one attached hydrogen (secondary N) is 3. The molecule has 0 saturated carbocycles. The second-order valence-electron chi connectivity index (χ2n) is 10.8. The predicted octanol–water partition coefficient (Wildman–Crippen LogP) is 4.36. The summed E-state index contributed by atoms with van der Waals surface area (Å²) < 4.78 is 1.79. The first-order valence-electron chi connectivity index (χ1n) is 13.4. The normalized spacial score (nSPS) is 16.9. The minimum Gasteiger partial charge on any atom is -0.388 e. The zero-order valence-electron chi connectivity index (χ0n) is 22.8. The van der Waals surface area contributed by atoms with Crippen molar-refractivity contribution in [3.05, 3.63) is 64.8 Å². The molecule has 2 aliphatic heterocycles. The quantitative estimate of drug-likeness (QED) is 0.282. The Morgan fingerprint density at radius 1 is 1.05 bits per heavy atom. The summed E-state index contributed by atoms with van der Waals surface area (Å²) in [5.41, 5.74) is 7.19. The number of anilines is 4. The minimum absolute atomic E-state index is 0. The molecule has 0 unspecified atom stereocenters. The molecule has 0 aliphatic carbocycles. The summed E-state index contributed by atoms with van der Waals surface area (Å²) in [5, 5.41) is 26.8. The highest BCUT2D eigenvalue weighted by Gasteiger charge is 2.32. The number of piperidine rings is 1. The Balaban J connectivity index is 0.00000308. The Morgan fingerprint density at radius 2 is 1.82 bits per heavy atom. The maximum absolute atomic E-state index is 11.0. The number of benzene rings is 2. The lowest BCUT2D eigenvalue weighted by Gasteiger charge is -2.39. The highest BCUT2D eigenvalue weighted by Crippen LogP contribution is 2.30. The van der Waals surface area contributed by atoms with Gasteiger partial charge in [0.15, 0.2) is 11.5 Å². The second-order valence-corrected chi connectivity index (χ2v) is 10.8. The van der Waals surface area contributed by atoms with Gasteiger partial charge in [0.2, 0.25) is 5.95 Å². The Labute approximate surface area is 235 Å². The van der Waals surface area contributed by atoms with Crippen LogP contribution in [-0.2, 0) is 20.0 Å². The molecule has 0 atom stereocenters. The number of halogens is 1. The van der Waals surface area contributed by atoms with Gasteiger partial charge in [0.1, 0.15) is 0 Å². The van der Waals surface area contributed by atoms with Gasteiger partial charge in [0.25, 0.3) is 0 Å². The first-order valence-corrected chi connectivity index (χ1v) is 13.4. The number of aryl methyl sites for hydroxylation is 3. The number of fused-ring (bicyclic) bond motifs is 2. The zero-order valence-corrected chi connectivity index (χ0v) is 23.6. The molecule has 0 spiro atoms. The number of aromatic nitrogens is 4. The van der Waals surface area contributed by atoms with Crippen LogP contribution in [0.25, 0.3) is 11.0 Å². The summed E-state index contributed by atoms with van der Waals surface area (Å²) in [6, 6.07) is 12.7. The van der Waals surface area contributed by atoms with E-state index >= 15 is 0 Å². The number of rotatable bonds is 6. The molecule has 4 N–H and O–H groups in total. The Hall–Kier alpha value is -3.24. The number of hydrogen-bond acceptors (Lipinski definition) is 8. The van der Waals surface area contributed by atoms with Crippen LogP contribution in [0.4, 0.5) is 23.1 Å². The average Bonchev–Trinajstić information content (AvgIpc) is 3.21. The van der Waals surface area contributed by atoms with Crippen molar-refractivity contribution in [2.75, 3.05) is 36.8 Å². The van der Waals surface area contributed by atoms with Gasteiger partial charge in [-0.1, -0.05) is 24.3 Å². The monoisotopic (exact) mass is 548 g/mol. The molecule has 9 nitrogen and oxygen atoms in total. The SMILES string of the molecule is Cc1cccc(C)c1Nc1nn(C)c2nc(Nc3ccc4c(c3)CN(CC3(O)CCNCC3)CC4)ncc12.Cl. The van der Waals surface area contributed by atoms with Crippen LogP contribution in [0.15, 0.2) is 42.6 Å². The molecule has 0 bridgehead atoms. The van der Waals surface area contributed by atoms with Crippen LogP contribution in [0.3, 0.4) is 0 Å². The van der Waals surface area contributed by atoms with E-state index in [2.05, 4.69) is 81.2 Å².